The smallest absolute Gasteiger partial charge is 0.251 e. The number of ether oxygens (including phenoxy) is 3. The van der Waals surface area contributed by atoms with E-state index in [4.69, 9.17) is 18.6 Å². The summed E-state index contributed by atoms with van der Waals surface area (Å²) in [6, 6.07) is 17.3. The van der Waals surface area contributed by atoms with Crippen LogP contribution in [-0.4, -0.2) is 56.5 Å². The zero-order valence-corrected chi connectivity index (χ0v) is 22.7. The Morgan fingerprint density at radius 1 is 1.05 bits per heavy atom. The van der Waals surface area contributed by atoms with Crippen molar-refractivity contribution >= 4 is 17.0 Å². The van der Waals surface area contributed by atoms with Crippen LogP contribution in [0.1, 0.15) is 28.8 Å². The summed E-state index contributed by atoms with van der Waals surface area (Å²) in [6.07, 6.45) is 3.38. The maximum atomic E-state index is 12.9. The Morgan fingerprint density at radius 3 is 2.66 bits per heavy atom. The first-order valence-electron chi connectivity index (χ1n) is 14.0. The van der Waals surface area contributed by atoms with E-state index in [2.05, 4.69) is 21.7 Å². The molecule has 2 atom stereocenters. The van der Waals surface area contributed by atoms with Gasteiger partial charge in [-0.3, -0.25) is 9.78 Å². The predicted octanol–water partition coefficient (Wildman–Crippen LogP) is 4.55. The van der Waals surface area contributed by atoms with Gasteiger partial charge in [0, 0.05) is 55.4 Å². The fourth-order valence-electron chi connectivity index (χ4n) is 6.06. The number of nitrogens with one attached hydrogen (secondary N) is 2. The molecular weight excluding hydrogens is 520 g/mol. The van der Waals surface area contributed by atoms with E-state index in [-0.39, 0.29) is 18.1 Å². The molecule has 2 saturated heterocycles. The van der Waals surface area contributed by atoms with Gasteiger partial charge in [-0.15, -0.1) is 0 Å². The van der Waals surface area contributed by atoms with Crippen LogP contribution in [0.25, 0.3) is 33.6 Å². The largest absolute Gasteiger partial charge is 0.496 e. The molecule has 2 aromatic carbocycles. The number of fused-ring (bicyclic) bond motifs is 2. The lowest BCUT2D eigenvalue weighted by Crippen LogP contribution is -2.32. The molecule has 4 heterocycles. The molecule has 3 aliphatic rings. The van der Waals surface area contributed by atoms with Crippen LogP contribution in [-0.2, 0) is 4.74 Å². The van der Waals surface area contributed by atoms with Gasteiger partial charge in [-0.1, -0.05) is 6.07 Å². The van der Waals surface area contributed by atoms with E-state index in [1.807, 2.05) is 36.4 Å². The van der Waals surface area contributed by atoms with E-state index in [1.165, 1.54) is 0 Å². The molecule has 41 heavy (non-hydrogen) atoms. The van der Waals surface area contributed by atoms with Crippen LogP contribution >= 0.6 is 0 Å². The highest BCUT2D eigenvalue weighted by Crippen LogP contribution is 2.42. The van der Waals surface area contributed by atoms with Gasteiger partial charge in [0.2, 0.25) is 0 Å². The lowest BCUT2D eigenvalue weighted by atomic mass is 10.0. The molecule has 2 aliphatic heterocycles. The summed E-state index contributed by atoms with van der Waals surface area (Å²) in [5, 5.41) is 16.4. The van der Waals surface area contributed by atoms with E-state index >= 15 is 0 Å². The number of pyridine rings is 1. The van der Waals surface area contributed by atoms with E-state index in [0.29, 0.717) is 64.5 Å². The molecule has 2 N–H and O–H groups in total. The van der Waals surface area contributed by atoms with Gasteiger partial charge >= 0.3 is 0 Å². The van der Waals surface area contributed by atoms with Crippen molar-refractivity contribution in [3.63, 3.8) is 0 Å². The van der Waals surface area contributed by atoms with Crippen LogP contribution in [0.3, 0.4) is 0 Å². The average molecular weight is 551 g/mol. The van der Waals surface area contributed by atoms with Crippen molar-refractivity contribution in [1.82, 2.24) is 15.6 Å². The Bertz CT molecular complexity index is 1660. The number of furan rings is 1. The molecule has 4 aromatic rings. The molecule has 0 spiro atoms. The van der Waals surface area contributed by atoms with Crippen molar-refractivity contribution in [2.45, 2.75) is 25.0 Å². The number of nitrogens with zero attached hydrogens (tertiary/aromatic N) is 2. The van der Waals surface area contributed by atoms with Gasteiger partial charge in [0.25, 0.3) is 5.91 Å². The molecule has 1 amide bonds. The van der Waals surface area contributed by atoms with Crippen LogP contribution < -0.4 is 20.1 Å². The molecule has 9 heteroatoms. The number of carbonyl (C=O) groups is 1. The lowest BCUT2D eigenvalue weighted by Gasteiger charge is -2.23. The van der Waals surface area contributed by atoms with Gasteiger partial charge in [-0.25, -0.2) is 0 Å². The minimum absolute atomic E-state index is 0.0417. The topological polar surface area (TPSA) is 119 Å². The molecule has 9 nitrogen and oxygen atoms in total. The van der Waals surface area contributed by atoms with Crippen molar-refractivity contribution in [3.8, 4) is 40.0 Å². The Kier molecular flexibility index (Phi) is 6.57. The fourth-order valence-corrected chi connectivity index (χ4v) is 6.06. The zero-order valence-electron chi connectivity index (χ0n) is 22.7. The second kappa shape index (κ2) is 10.5. The van der Waals surface area contributed by atoms with Gasteiger partial charge in [0.1, 0.15) is 34.9 Å². The summed E-state index contributed by atoms with van der Waals surface area (Å²) in [7, 11) is 1.58. The fraction of sp³-hybridized carbons (Fsp3) is 0.344. The van der Waals surface area contributed by atoms with E-state index in [9.17, 15) is 10.1 Å². The third-order valence-electron chi connectivity index (χ3n) is 8.40. The number of methoxy groups -OCH3 is 1. The number of benzene rings is 2. The normalized spacial score (nSPS) is 21.7. The highest BCUT2D eigenvalue weighted by atomic mass is 16.5. The number of rotatable bonds is 7. The van der Waals surface area contributed by atoms with Crippen LogP contribution in [0.5, 0.6) is 11.5 Å². The average Bonchev–Trinajstić information content (AvgIpc) is 3.35. The molecular formula is C32H30N4O5. The minimum Gasteiger partial charge on any atom is -0.496 e. The maximum Gasteiger partial charge on any atom is 0.251 e. The molecule has 1 saturated carbocycles. The Labute approximate surface area is 237 Å². The summed E-state index contributed by atoms with van der Waals surface area (Å²) in [4.78, 5) is 17.4. The van der Waals surface area contributed by atoms with Gasteiger partial charge in [0.05, 0.1) is 31.5 Å². The quantitative estimate of drug-likeness (QED) is 0.344. The summed E-state index contributed by atoms with van der Waals surface area (Å²) < 4.78 is 23.6. The van der Waals surface area contributed by atoms with Gasteiger partial charge < -0.3 is 29.3 Å². The van der Waals surface area contributed by atoms with Crippen molar-refractivity contribution in [3.05, 3.63) is 65.9 Å². The number of aromatic nitrogens is 1. The Balaban J connectivity index is 1.16. The first-order valence-corrected chi connectivity index (χ1v) is 14.0. The third-order valence-corrected chi connectivity index (χ3v) is 8.40. The van der Waals surface area contributed by atoms with Gasteiger partial charge in [-0.05, 0) is 53.8 Å². The highest BCUT2D eigenvalue weighted by Gasteiger charge is 2.53. The number of amides is 1. The molecule has 7 rings (SSSR count). The highest BCUT2D eigenvalue weighted by molar-refractivity contribution is 5.97. The molecule has 0 radical (unpaired) electrons. The number of hydrogen-bond acceptors (Lipinski definition) is 8. The van der Waals surface area contributed by atoms with E-state index < -0.39 is 0 Å². The van der Waals surface area contributed by atoms with Gasteiger partial charge in [0.15, 0.2) is 5.58 Å². The van der Waals surface area contributed by atoms with Gasteiger partial charge in [-0.2, -0.15) is 5.26 Å². The van der Waals surface area contributed by atoms with Crippen LogP contribution in [0.15, 0.2) is 59.1 Å². The monoisotopic (exact) mass is 550 g/mol. The molecule has 3 fully saturated rings. The second-order valence-corrected chi connectivity index (χ2v) is 10.8. The number of hydrogen-bond donors (Lipinski definition) is 2. The van der Waals surface area contributed by atoms with Crippen LogP contribution in [0.4, 0.5) is 0 Å². The van der Waals surface area contributed by atoms with Crippen LogP contribution in [0.2, 0.25) is 0 Å². The number of nitriles is 1. The molecule has 208 valence electrons. The van der Waals surface area contributed by atoms with Crippen molar-refractivity contribution in [1.29, 1.82) is 5.26 Å². The Hall–Kier alpha value is -4.39. The van der Waals surface area contributed by atoms with E-state index in [1.54, 1.807) is 25.4 Å². The summed E-state index contributed by atoms with van der Waals surface area (Å²) in [6.45, 7) is 3.26. The molecule has 2 aromatic heterocycles. The van der Waals surface area contributed by atoms with Crippen molar-refractivity contribution in [2.75, 3.05) is 33.4 Å². The minimum atomic E-state index is -0.0969. The second-order valence-electron chi connectivity index (χ2n) is 10.8. The molecule has 1 aliphatic carbocycles. The number of piperidine rings is 1. The van der Waals surface area contributed by atoms with Crippen molar-refractivity contribution < 1.29 is 23.4 Å². The molecule has 2 unspecified atom stereocenters. The van der Waals surface area contributed by atoms with E-state index in [0.717, 1.165) is 42.6 Å². The SMILES string of the molecule is COc1cc(C(=O)NC2C3CNCC32)ccc1-c1cc2nccc(-c3ccc(OC4CCOCC4)c(C#N)c3)c2o1. The first-order chi connectivity index (χ1) is 20.1. The predicted molar refractivity (Wildman–Crippen MR) is 152 cm³/mol. The standard InChI is InChI=1S/C32H30N4O5/c1-38-28-13-19(32(37)36-30-24-16-34-17-25(24)30)2-4-23(28)29-14-26-31(41-29)22(6-9-35-26)18-3-5-27(20(12-18)15-33)40-21-7-10-39-11-8-21/h2-6,9,12-14,21,24-25,30,34H,7-8,10-11,16-17H2,1H3,(H,36,37). The summed E-state index contributed by atoms with van der Waals surface area (Å²) in [5.41, 5.74) is 4.65. The number of carbonyl (C=O) groups excluding carboxylic acids is 1. The summed E-state index contributed by atoms with van der Waals surface area (Å²) >= 11 is 0. The first kappa shape index (κ1) is 25.6. The van der Waals surface area contributed by atoms with Crippen molar-refractivity contribution in [2.24, 2.45) is 11.8 Å². The van der Waals surface area contributed by atoms with Crippen LogP contribution in [0, 0.1) is 23.2 Å². The molecule has 0 bridgehead atoms. The Morgan fingerprint density at radius 2 is 1.88 bits per heavy atom. The maximum absolute atomic E-state index is 12.9. The third kappa shape index (κ3) is 4.79. The summed E-state index contributed by atoms with van der Waals surface area (Å²) in [5.74, 6) is 2.67. The lowest BCUT2D eigenvalue weighted by molar-refractivity contribution is 0.0254. The zero-order chi connectivity index (χ0) is 27.9.